The Morgan fingerprint density at radius 3 is 2.94 bits per heavy atom. The minimum atomic E-state index is -1.69. The van der Waals surface area contributed by atoms with Crippen LogP contribution in [-0.4, -0.2) is 39.7 Å². The van der Waals surface area contributed by atoms with Crippen molar-refractivity contribution in [2.45, 2.75) is 12.1 Å². The normalized spacial score (nSPS) is 25.3. The lowest BCUT2D eigenvalue weighted by Crippen LogP contribution is -2.50. The predicted molar refractivity (Wildman–Crippen MR) is 67.9 cm³/mol. The van der Waals surface area contributed by atoms with Crippen LogP contribution in [-0.2, 0) is 6.42 Å². The number of aliphatic imine (C=N–C) groups is 4. The Balaban J connectivity index is 1.91. The molecule has 3 N–H and O–H groups in total. The Labute approximate surface area is 103 Å². The number of rotatable bonds is 2. The van der Waals surface area contributed by atoms with Gasteiger partial charge in [0, 0.05) is 11.9 Å². The zero-order chi connectivity index (χ0) is 12.6. The third-order valence-electron chi connectivity index (χ3n) is 2.64. The molecule has 7 heteroatoms. The van der Waals surface area contributed by atoms with E-state index in [1.807, 2.05) is 18.2 Å². The van der Waals surface area contributed by atoms with Gasteiger partial charge in [-0.15, -0.1) is 0 Å². The molecule has 0 fully saturated rings. The van der Waals surface area contributed by atoms with E-state index in [0.717, 1.165) is 5.69 Å². The van der Waals surface area contributed by atoms with Crippen LogP contribution in [0.5, 0.6) is 0 Å². The number of amidine groups is 3. The van der Waals surface area contributed by atoms with Crippen LogP contribution >= 0.6 is 0 Å². The third-order valence-corrected chi connectivity index (χ3v) is 2.64. The summed E-state index contributed by atoms with van der Waals surface area (Å²) >= 11 is 0. The molecule has 2 aliphatic heterocycles. The molecule has 3 rings (SSSR count). The van der Waals surface area contributed by atoms with Gasteiger partial charge in [-0.1, -0.05) is 6.07 Å². The summed E-state index contributed by atoms with van der Waals surface area (Å²) in [6.45, 7) is 0. The number of fused-ring (bicyclic) bond motifs is 1. The van der Waals surface area contributed by atoms with Gasteiger partial charge in [-0.3, -0.25) is 4.98 Å². The fourth-order valence-electron chi connectivity index (χ4n) is 1.71. The summed E-state index contributed by atoms with van der Waals surface area (Å²) in [7, 11) is 0. The lowest BCUT2D eigenvalue weighted by molar-refractivity contribution is 0.194. The number of nitrogens with two attached hydrogens (primary N) is 1. The minimum Gasteiger partial charge on any atom is -0.383 e. The van der Waals surface area contributed by atoms with Crippen molar-refractivity contribution in [3.05, 3.63) is 30.1 Å². The maximum atomic E-state index is 10.1. The lowest BCUT2D eigenvalue weighted by atomic mass is 10.1. The van der Waals surface area contributed by atoms with Gasteiger partial charge in [0.2, 0.25) is 0 Å². The number of aliphatic hydroxyl groups is 1. The summed E-state index contributed by atoms with van der Waals surface area (Å²) in [6.07, 6.45) is 3.35. The van der Waals surface area contributed by atoms with E-state index in [-0.39, 0.29) is 11.7 Å². The number of hydrogen-bond acceptors (Lipinski definition) is 7. The van der Waals surface area contributed by atoms with Gasteiger partial charge < -0.3 is 10.8 Å². The molecule has 3 heterocycles. The lowest BCUT2D eigenvalue weighted by Gasteiger charge is -2.22. The molecule has 7 nitrogen and oxygen atoms in total. The van der Waals surface area contributed by atoms with Gasteiger partial charge in [-0.2, -0.15) is 0 Å². The highest BCUT2D eigenvalue weighted by Gasteiger charge is 2.43. The fourth-order valence-corrected chi connectivity index (χ4v) is 1.71. The number of nitrogens with zero attached hydrogens (tertiary/aromatic N) is 5. The van der Waals surface area contributed by atoms with Crippen molar-refractivity contribution in [2.24, 2.45) is 25.7 Å². The van der Waals surface area contributed by atoms with Crippen LogP contribution in [0.3, 0.4) is 0 Å². The maximum absolute atomic E-state index is 10.1. The average molecular weight is 242 g/mol. The van der Waals surface area contributed by atoms with Crippen molar-refractivity contribution in [3.8, 4) is 0 Å². The zero-order valence-corrected chi connectivity index (χ0v) is 9.35. The Morgan fingerprint density at radius 1 is 1.28 bits per heavy atom. The van der Waals surface area contributed by atoms with Crippen LogP contribution in [0.4, 0.5) is 0 Å². The first kappa shape index (κ1) is 10.7. The first-order valence-corrected chi connectivity index (χ1v) is 5.35. The third kappa shape index (κ3) is 1.61. The van der Waals surface area contributed by atoms with Crippen molar-refractivity contribution in [1.29, 1.82) is 0 Å². The van der Waals surface area contributed by atoms with E-state index in [0.29, 0.717) is 12.3 Å². The van der Waals surface area contributed by atoms with Crippen LogP contribution in [0.15, 0.2) is 44.4 Å². The average Bonchev–Trinajstić information content (AvgIpc) is 2.74. The van der Waals surface area contributed by atoms with E-state index >= 15 is 0 Å². The van der Waals surface area contributed by atoms with Gasteiger partial charge in [-0.25, -0.2) is 20.0 Å². The van der Waals surface area contributed by atoms with Crippen LogP contribution in [0.1, 0.15) is 5.69 Å². The van der Waals surface area contributed by atoms with Crippen LogP contribution in [0.25, 0.3) is 0 Å². The quantitative estimate of drug-likeness (QED) is 0.731. The van der Waals surface area contributed by atoms with Crippen molar-refractivity contribution in [3.63, 3.8) is 0 Å². The largest absolute Gasteiger partial charge is 0.383 e. The molecule has 1 unspecified atom stereocenters. The summed E-state index contributed by atoms with van der Waals surface area (Å²) in [5, 5.41) is 10.1. The minimum absolute atomic E-state index is 0.0177. The first-order valence-electron chi connectivity index (χ1n) is 5.35. The van der Waals surface area contributed by atoms with E-state index < -0.39 is 5.72 Å². The van der Waals surface area contributed by atoms with E-state index in [2.05, 4.69) is 25.0 Å². The molecule has 0 amide bonds. The standard InChI is InChI=1S/C11H10N6O/c12-9-11(18)10(14-6-15-11)17-8(16-9)5-7-3-1-2-4-13-7/h1-4,6,18H,5H2,(H2,12,14,15,16,17). The van der Waals surface area contributed by atoms with Gasteiger partial charge in [0.1, 0.15) is 12.2 Å². The molecule has 1 aromatic rings. The predicted octanol–water partition coefficient (Wildman–Crippen LogP) is -0.478. The molecule has 18 heavy (non-hydrogen) atoms. The highest BCUT2D eigenvalue weighted by Crippen LogP contribution is 2.20. The zero-order valence-electron chi connectivity index (χ0n) is 9.35. The SMILES string of the molecule is NC1=NC(Cc2ccccn2)=NC2=NC=NC12O. The van der Waals surface area contributed by atoms with Crippen molar-refractivity contribution in [2.75, 3.05) is 0 Å². The van der Waals surface area contributed by atoms with Gasteiger partial charge in [0.15, 0.2) is 11.7 Å². The molecule has 0 radical (unpaired) electrons. The van der Waals surface area contributed by atoms with E-state index in [9.17, 15) is 5.11 Å². The smallest absolute Gasteiger partial charge is 0.278 e. The highest BCUT2D eigenvalue weighted by atomic mass is 16.3. The van der Waals surface area contributed by atoms with Gasteiger partial charge in [-0.05, 0) is 12.1 Å². The molecular formula is C11H10N6O. The summed E-state index contributed by atoms with van der Waals surface area (Å²) in [6, 6.07) is 5.57. The van der Waals surface area contributed by atoms with Gasteiger partial charge in [0.05, 0.1) is 6.42 Å². The molecule has 0 saturated carbocycles. The molecular weight excluding hydrogens is 232 g/mol. The molecule has 2 aliphatic rings. The number of pyridine rings is 1. The number of aromatic nitrogens is 1. The van der Waals surface area contributed by atoms with Crippen molar-refractivity contribution >= 4 is 23.8 Å². The summed E-state index contributed by atoms with van der Waals surface area (Å²) in [5.41, 5.74) is 4.83. The molecule has 0 saturated heterocycles. The van der Waals surface area contributed by atoms with E-state index in [4.69, 9.17) is 5.73 Å². The Hall–Kier alpha value is -2.41. The van der Waals surface area contributed by atoms with E-state index in [1.54, 1.807) is 6.20 Å². The molecule has 1 atom stereocenters. The van der Waals surface area contributed by atoms with Gasteiger partial charge in [0.25, 0.3) is 5.72 Å². The number of hydrogen-bond donors (Lipinski definition) is 2. The van der Waals surface area contributed by atoms with Crippen molar-refractivity contribution in [1.82, 2.24) is 4.98 Å². The fraction of sp³-hybridized carbons (Fsp3) is 0.182. The molecule has 0 aromatic carbocycles. The molecule has 1 aromatic heterocycles. The highest BCUT2D eigenvalue weighted by molar-refractivity contribution is 6.24. The second-order valence-electron chi connectivity index (χ2n) is 3.89. The molecule has 0 aliphatic carbocycles. The summed E-state index contributed by atoms with van der Waals surface area (Å²) < 4.78 is 0. The van der Waals surface area contributed by atoms with Gasteiger partial charge >= 0.3 is 0 Å². The monoisotopic (exact) mass is 242 g/mol. The summed E-state index contributed by atoms with van der Waals surface area (Å²) in [5.74, 6) is 0.594. The second kappa shape index (κ2) is 3.81. The van der Waals surface area contributed by atoms with Crippen LogP contribution < -0.4 is 5.73 Å². The van der Waals surface area contributed by atoms with Crippen LogP contribution in [0.2, 0.25) is 0 Å². The second-order valence-corrected chi connectivity index (χ2v) is 3.89. The topological polar surface area (TPSA) is 109 Å². The van der Waals surface area contributed by atoms with E-state index in [1.165, 1.54) is 6.34 Å². The van der Waals surface area contributed by atoms with Crippen LogP contribution in [0, 0.1) is 0 Å². The molecule has 0 spiro atoms. The first-order chi connectivity index (χ1) is 8.68. The maximum Gasteiger partial charge on any atom is 0.278 e. The molecule has 0 bridgehead atoms. The Kier molecular flexibility index (Phi) is 2.27. The Morgan fingerprint density at radius 2 is 2.17 bits per heavy atom. The van der Waals surface area contributed by atoms with Crippen molar-refractivity contribution < 1.29 is 5.11 Å². The Bertz CT molecular complexity index is 603. The molecule has 90 valence electrons. The summed E-state index contributed by atoms with van der Waals surface area (Å²) in [4.78, 5) is 20.0.